The summed E-state index contributed by atoms with van der Waals surface area (Å²) in [4.78, 5) is 11.5. The maximum atomic E-state index is 11.5. The molecule has 1 aliphatic rings. The fourth-order valence-electron chi connectivity index (χ4n) is 1.76. The van der Waals surface area contributed by atoms with Crippen LogP contribution in [0.25, 0.3) is 0 Å². The zero-order valence-corrected chi connectivity index (χ0v) is 10.2. The molecule has 0 bridgehead atoms. The minimum atomic E-state index is -0.356. The molecule has 0 aliphatic heterocycles. The van der Waals surface area contributed by atoms with Crippen molar-refractivity contribution in [2.75, 3.05) is 13.2 Å². The smallest absolute Gasteiger partial charge is 0.268 e. The number of para-hydroxylation sites is 1. The van der Waals surface area contributed by atoms with Gasteiger partial charge in [0.25, 0.3) is 5.91 Å². The van der Waals surface area contributed by atoms with Gasteiger partial charge >= 0.3 is 0 Å². The highest BCUT2D eigenvalue weighted by Gasteiger charge is 2.17. The predicted molar refractivity (Wildman–Crippen MR) is 67.2 cm³/mol. The molecule has 1 amide bonds. The number of ether oxygens (including phenoxy) is 2. The molecule has 98 valence electrons. The summed E-state index contributed by atoms with van der Waals surface area (Å²) in [5, 5.41) is 0. The molecule has 18 heavy (non-hydrogen) atoms. The second-order valence-corrected chi connectivity index (χ2v) is 4.24. The number of rotatable bonds is 6. The lowest BCUT2D eigenvalue weighted by Crippen LogP contribution is -2.30. The van der Waals surface area contributed by atoms with Gasteiger partial charge in [0.15, 0.2) is 0 Å². The third-order valence-corrected chi connectivity index (χ3v) is 3.01. The van der Waals surface area contributed by atoms with Crippen molar-refractivity contribution in [3.63, 3.8) is 0 Å². The Morgan fingerprint density at radius 2 is 2.11 bits per heavy atom. The zero-order chi connectivity index (χ0) is 12.8. The number of hydrazine groups is 1. The van der Waals surface area contributed by atoms with Crippen LogP contribution in [0.5, 0.6) is 5.75 Å². The van der Waals surface area contributed by atoms with Gasteiger partial charge in [0.1, 0.15) is 12.4 Å². The summed E-state index contributed by atoms with van der Waals surface area (Å²) in [5.41, 5.74) is 2.53. The molecule has 1 aromatic carbocycles. The summed E-state index contributed by atoms with van der Waals surface area (Å²) >= 11 is 0. The summed E-state index contributed by atoms with van der Waals surface area (Å²) in [6.07, 6.45) is 3.94. The molecule has 3 N–H and O–H groups in total. The number of hydrogen-bond acceptors (Lipinski definition) is 4. The molecule has 5 nitrogen and oxygen atoms in total. The molecular weight excluding hydrogens is 232 g/mol. The van der Waals surface area contributed by atoms with E-state index in [4.69, 9.17) is 15.3 Å². The molecule has 0 unspecified atom stereocenters. The third-order valence-electron chi connectivity index (χ3n) is 3.01. The second kappa shape index (κ2) is 6.37. The van der Waals surface area contributed by atoms with E-state index in [1.54, 1.807) is 18.2 Å². The summed E-state index contributed by atoms with van der Waals surface area (Å²) in [5.74, 6) is 5.28. The summed E-state index contributed by atoms with van der Waals surface area (Å²) in [7, 11) is 0. The largest absolute Gasteiger partial charge is 0.490 e. The fraction of sp³-hybridized carbons (Fsp3) is 0.462. The molecule has 0 atom stereocenters. The number of carbonyl (C=O) groups excluding carboxylic acids is 1. The van der Waals surface area contributed by atoms with Gasteiger partial charge < -0.3 is 9.47 Å². The van der Waals surface area contributed by atoms with E-state index in [1.165, 1.54) is 6.42 Å². The first-order valence-corrected chi connectivity index (χ1v) is 6.15. The minimum Gasteiger partial charge on any atom is -0.490 e. The molecule has 0 radical (unpaired) electrons. The first-order valence-electron chi connectivity index (χ1n) is 6.15. The van der Waals surface area contributed by atoms with E-state index in [2.05, 4.69) is 5.43 Å². The van der Waals surface area contributed by atoms with E-state index < -0.39 is 0 Å². The molecular formula is C13H18N2O3. The van der Waals surface area contributed by atoms with Crippen molar-refractivity contribution in [3.05, 3.63) is 29.8 Å². The van der Waals surface area contributed by atoms with Crippen LogP contribution in [-0.4, -0.2) is 25.2 Å². The zero-order valence-electron chi connectivity index (χ0n) is 10.2. The Morgan fingerprint density at radius 1 is 1.33 bits per heavy atom. The van der Waals surface area contributed by atoms with Crippen LogP contribution in [0, 0.1) is 0 Å². The van der Waals surface area contributed by atoms with Gasteiger partial charge in [0, 0.05) is 0 Å². The van der Waals surface area contributed by atoms with Crippen LogP contribution in [0.2, 0.25) is 0 Å². The monoisotopic (exact) mass is 250 g/mol. The molecule has 0 aromatic heterocycles. The van der Waals surface area contributed by atoms with Crippen LogP contribution < -0.4 is 16.0 Å². The Morgan fingerprint density at radius 3 is 2.78 bits per heavy atom. The number of nitrogens with one attached hydrogen (secondary N) is 1. The van der Waals surface area contributed by atoms with Crippen LogP contribution >= 0.6 is 0 Å². The van der Waals surface area contributed by atoms with Gasteiger partial charge in [-0.15, -0.1) is 0 Å². The van der Waals surface area contributed by atoms with Crippen LogP contribution in [-0.2, 0) is 4.74 Å². The fourth-order valence-corrected chi connectivity index (χ4v) is 1.76. The molecule has 1 saturated carbocycles. The highest BCUT2D eigenvalue weighted by Crippen LogP contribution is 2.22. The number of amides is 1. The first kappa shape index (κ1) is 12.9. The molecule has 5 heteroatoms. The Hall–Kier alpha value is -1.59. The van der Waals surface area contributed by atoms with Gasteiger partial charge in [-0.1, -0.05) is 12.1 Å². The number of hydrogen-bond donors (Lipinski definition) is 2. The molecule has 1 fully saturated rings. The summed E-state index contributed by atoms with van der Waals surface area (Å²) in [6.45, 7) is 0.981. The van der Waals surface area contributed by atoms with Gasteiger partial charge in [-0.2, -0.15) is 0 Å². The number of nitrogen functional groups attached to an aromatic ring is 1. The van der Waals surface area contributed by atoms with Gasteiger partial charge in [-0.25, -0.2) is 5.84 Å². The van der Waals surface area contributed by atoms with E-state index in [9.17, 15) is 4.79 Å². The van der Waals surface area contributed by atoms with Crippen molar-refractivity contribution in [2.24, 2.45) is 5.84 Å². The molecule has 1 aliphatic carbocycles. The number of nitrogens with two attached hydrogens (primary N) is 1. The lowest BCUT2D eigenvalue weighted by atomic mass is 9.96. The van der Waals surface area contributed by atoms with Crippen LogP contribution in [0.15, 0.2) is 24.3 Å². The van der Waals surface area contributed by atoms with Gasteiger partial charge in [-0.05, 0) is 31.4 Å². The third kappa shape index (κ3) is 3.21. The van der Waals surface area contributed by atoms with E-state index in [0.717, 1.165) is 12.8 Å². The van der Waals surface area contributed by atoms with Crippen molar-refractivity contribution in [3.8, 4) is 5.75 Å². The standard InChI is InChI=1S/C13H18N2O3/c14-15-13(16)11-6-1-2-7-12(11)18-9-8-17-10-4-3-5-10/h1-2,6-7,10H,3-5,8-9,14H2,(H,15,16). The normalized spacial score (nSPS) is 14.9. The number of benzene rings is 1. The second-order valence-electron chi connectivity index (χ2n) is 4.24. The highest BCUT2D eigenvalue weighted by atomic mass is 16.5. The minimum absolute atomic E-state index is 0.356. The van der Waals surface area contributed by atoms with Gasteiger partial charge in [0.2, 0.25) is 0 Å². The molecule has 0 saturated heterocycles. The van der Waals surface area contributed by atoms with Gasteiger partial charge in [0.05, 0.1) is 18.3 Å². The lowest BCUT2D eigenvalue weighted by Gasteiger charge is -2.25. The molecule has 2 rings (SSSR count). The Kier molecular flexibility index (Phi) is 4.55. The van der Waals surface area contributed by atoms with Crippen molar-refractivity contribution < 1.29 is 14.3 Å². The number of carbonyl (C=O) groups is 1. The van der Waals surface area contributed by atoms with E-state index in [0.29, 0.717) is 30.6 Å². The van der Waals surface area contributed by atoms with E-state index >= 15 is 0 Å². The molecule has 0 spiro atoms. The van der Waals surface area contributed by atoms with Gasteiger partial charge in [-0.3, -0.25) is 10.2 Å². The quantitative estimate of drug-likeness (QED) is 0.345. The van der Waals surface area contributed by atoms with Crippen LogP contribution in [0.1, 0.15) is 29.6 Å². The first-order chi connectivity index (χ1) is 8.81. The van der Waals surface area contributed by atoms with Crippen molar-refractivity contribution >= 4 is 5.91 Å². The van der Waals surface area contributed by atoms with Crippen molar-refractivity contribution in [2.45, 2.75) is 25.4 Å². The van der Waals surface area contributed by atoms with Crippen molar-refractivity contribution in [1.29, 1.82) is 0 Å². The van der Waals surface area contributed by atoms with Crippen LogP contribution in [0.3, 0.4) is 0 Å². The Bertz CT molecular complexity index is 405. The summed E-state index contributed by atoms with van der Waals surface area (Å²) < 4.78 is 11.1. The van der Waals surface area contributed by atoms with E-state index in [-0.39, 0.29) is 5.91 Å². The topological polar surface area (TPSA) is 73.6 Å². The predicted octanol–water partition coefficient (Wildman–Crippen LogP) is 1.24. The van der Waals surface area contributed by atoms with E-state index in [1.807, 2.05) is 6.07 Å². The van der Waals surface area contributed by atoms with Crippen molar-refractivity contribution in [1.82, 2.24) is 5.43 Å². The lowest BCUT2D eigenvalue weighted by molar-refractivity contribution is -0.0104. The SMILES string of the molecule is NNC(=O)c1ccccc1OCCOC1CCC1. The maximum Gasteiger partial charge on any atom is 0.268 e. The molecule has 1 aromatic rings. The average molecular weight is 250 g/mol. The molecule has 0 heterocycles. The van der Waals surface area contributed by atoms with Crippen LogP contribution in [0.4, 0.5) is 0 Å². The Labute approximate surface area is 106 Å². The average Bonchev–Trinajstić information content (AvgIpc) is 2.36. The highest BCUT2D eigenvalue weighted by molar-refractivity contribution is 5.96. The summed E-state index contributed by atoms with van der Waals surface area (Å²) in [6, 6.07) is 7.00. The maximum absolute atomic E-state index is 11.5. The Balaban J connectivity index is 1.82.